The van der Waals surface area contributed by atoms with Gasteiger partial charge < -0.3 is 29.4 Å². The van der Waals surface area contributed by atoms with Gasteiger partial charge in [0, 0.05) is 31.8 Å². The molecule has 1 aromatic rings. The first kappa shape index (κ1) is 28.7. The van der Waals surface area contributed by atoms with Gasteiger partial charge in [-0.05, 0) is 43.9 Å². The molecule has 0 bridgehead atoms. The lowest BCUT2D eigenvalue weighted by atomic mass is 9.92. The molecule has 0 saturated carbocycles. The van der Waals surface area contributed by atoms with Crippen LogP contribution < -0.4 is 19.5 Å². The number of benzene rings is 1. The Bertz CT molecular complexity index is 658. The number of unbranched alkanes of at least 4 members (excludes halogenated alkanes) is 3. The number of ether oxygens (including phenoxy) is 4. The van der Waals surface area contributed by atoms with E-state index < -0.39 is 0 Å². The van der Waals surface area contributed by atoms with E-state index in [-0.39, 0.29) is 6.10 Å². The zero-order valence-corrected chi connectivity index (χ0v) is 22.2. The van der Waals surface area contributed by atoms with E-state index in [9.17, 15) is 5.11 Å². The zero-order chi connectivity index (χ0) is 24.8. The standard InChI is InChI=1S/C28H49NO5/c1-21(11-8-6-7-9-13-26-22(2)12-10-16-34-26)14-15-23(30)19-29-20-25-27(32-4)17-24(31-3)18-28(25)33-5/h17-18,21-23,26,29-30H,6-16,19-20H2,1-5H3. The lowest BCUT2D eigenvalue weighted by Gasteiger charge is -2.29. The van der Waals surface area contributed by atoms with Crippen molar-refractivity contribution in [3.63, 3.8) is 0 Å². The molecule has 0 aliphatic carbocycles. The highest BCUT2D eigenvalue weighted by molar-refractivity contribution is 5.50. The van der Waals surface area contributed by atoms with Crippen LogP contribution in [-0.4, -0.2) is 51.8 Å². The van der Waals surface area contributed by atoms with E-state index >= 15 is 0 Å². The van der Waals surface area contributed by atoms with Crippen molar-refractivity contribution in [1.29, 1.82) is 0 Å². The minimum absolute atomic E-state index is 0.352. The molecular weight excluding hydrogens is 430 g/mol. The summed E-state index contributed by atoms with van der Waals surface area (Å²) >= 11 is 0. The predicted molar refractivity (Wildman–Crippen MR) is 138 cm³/mol. The van der Waals surface area contributed by atoms with Crippen LogP contribution in [0, 0.1) is 11.8 Å². The maximum atomic E-state index is 10.4. The Morgan fingerprint density at radius 2 is 1.71 bits per heavy atom. The number of rotatable bonds is 17. The monoisotopic (exact) mass is 479 g/mol. The number of aliphatic hydroxyl groups excluding tert-OH is 1. The quantitative estimate of drug-likeness (QED) is 0.278. The maximum Gasteiger partial charge on any atom is 0.130 e. The summed E-state index contributed by atoms with van der Waals surface area (Å²) in [6.07, 6.45) is 12.2. The number of hydrogen-bond acceptors (Lipinski definition) is 6. The topological polar surface area (TPSA) is 69.2 Å². The van der Waals surface area contributed by atoms with Gasteiger partial charge in [-0.1, -0.05) is 46.0 Å². The second-order valence-electron chi connectivity index (χ2n) is 10.00. The molecule has 2 rings (SSSR count). The average molecular weight is 480 g/mol. The third kappa shape index (κ3) is 10.0. The van der Waals surface area contributed by atoms with Gasteiger partial charge in [0.2, 0.25) is 0 Å². The molecule has 196 valence electrons. The van der Waals surface area contributed by atoms with Crippen LogP contribution in [0.15, 0.2) is 12.1 Å². The summed E-state index contributed by atoms with van der Waals surface area (Å²) in [6.45, 7) is 6.71. The Hall–Kier alpha value is -1.50. The number of hydrogen-bond donors (Lipinski definition) is 2. The molecule has 2 N–H and O–H groups in total. The van der Waals surface area contributed by atoms with Gasteiger partial charge in [0.15, 0.2) is 0 Å². The van der Waals surface area contributed by atoms with E-state index in [4.69, 9.17) is 18.9 Å². The van der Waals surface area contributed by atoms with Crippen molar-refractivity contribution in [2.45, 2.75) is 96.8 Å². The van der Waals surface area contributed by atoms with Gasteiger partial charge in [-0.2, -0.15) is 0 Å². The van der Waals surface area contributed by atoms with E-state index in [1.807, 2.05) is 12.1 Å². The second kappa shape index (κ2) is 16.2. The van der Waals surface area contributed by atoms with Crippen LogP contribution in [-0.2, 0) is 11.3 Å². The summed E-state index contributed by atoms with van der Waals surface area (Å²) in [5.74, 6) is 3.51. The fourth-order valence-electron chi connectivity index (χ4n) is 4.89. The fourth-order valence-corrected chi connectivity index (χ4v) is 4.89. The van der Waals surface area contributed by atoms with Crippen molar-refractivity contribution in [2.75, 3.05) is 34.5 Å². The second-order valence-corrected chi connectivity index (χ2v) is 10.00. The summed E-state index contributed by atoms with van der Waals surface area (Å²) in [6, 6.07) is 3.70. The van der Waals surface area contributed by atoms with Crippen molar-refractivity contribution in [3.05, 3.63) is 17.7 Å². The van der Waals surface area contributed by atoms with Crippen molar-refractivity contribution in [1.82, 2.24) is 5.32 Å². The number of aliphatic hydroxyl groups is 1. The SMILES string of the molecule is COc1cc(OC)c(CNCC(O)CCC(C)CCCCCCC2OCCCC2C)c(OC)c1. The van der Waals surface area contributed by atoms with Gasteiger partial charge in [0.05, 0.1) is 39.1 Å². The highest BCUT2D eigenvalue weighted by atomic mass is 16.5. The molecule has 34 heavy (non-hydrogen) atoms. The molecule has 6 heteroatoms. The van der Waals surface area contributed by atoms with Gasteiger partial charge in [0.25, 0.3) is 0 Å². The number of nitrogens with one attached hydrogen (secondary N) is 1. The van der Waals surface area contributed by atoms with Crippen molar-refractivity contribution in [3.8, 4) is 17.2 Å². The Balaban J connectivity index is 1.56. The highest BCUT2D eigenvalue weighted by Gasteiger charge is 2.21. The summed E-state index contributed by atoms with van der Waals surface area (Å²) in [4.78, 5) is 0. The number of methoxy groups -OCH3 is 3. The first-order chi connectivity index (χ1) is 16.5. The summed E-state index contributed by atoms with van der Waals surface area (Å²) in [5.41, 5.74) is 0.927. The van der Waals surface area contributed by atoms with Crippen LogP contribution in [0.3, 0.4) is 0 Å². The molecule has 4 atom stereocenters. The van der Waals surface area contributed by atoms with Crippen molar-refractivity contribution < 1.29 is 24.1 Å². The average Bonchev–Trinajstić information content (AvgIpc) is 2.85. The third-order valence-electron chi connectivity index (χ3n) is 7.20. The van der Waals surface area contributed by atoms with Gasteiger partial charge in [-0.15, -0.1) is 0 Å². The van der Waals surface area contributed by atoms with Gasteiger partial charge in [0.1, 0.15) is 17.2 Å². The Morgan fingerprint density at radius 1 is 1.00 bits per heavy atom. The lowest BCUT2D eigenvalue weighted by molar-refractivity contribution is -0.0258. The molecular formula is C28H49NO5. The zero-order valence-electron chi connectivity index (χ0n) is 22.2. The molecule has 1 aromatic carbocycles. The molecule has 1 fully saturated rings. The van der Waals surface area contributed by atoms with E-state index in [2.05, 4.69) is 19.2 Å². The van der Waals surface area contributed by atoms with Crippen LogP contribution in [0.2, 0.25) is 0 Å². The Kier molecular flexibility index (Phi) is 13.7. The van der Waals surface area contributed by atoms with E-state index in [1.165, 1.54) is 51.4 Å². The van der Waals surface area contributed by atoms with Crippen LogP contribution >= 0.6 is 0 Å². The fraction of sp³-hybridized carbons (Fsp3) is 0.786. The normalized spacial score (nSPS) is 20.1. The van der Waals surface area contributed by atoms with Crippen LogP contribution in [0.1, 0.15) is 83.6 Å². The molecule has 0 aromatic heterocycles. The molecule has 1 aliphatic heterocycles. The summed E-state index contributed by atoms with van der Waals surface area (Å²) in [5, 5.41) is 13.8. The Labute approximate surface area is 207 Å². The van der Waals surface area contributed by atoms with Gasteiger partial charge in [-0.25, -0.2) is 0 Å². The molecule has 1 saturated heterocycles. The smallest absolute Gasteiger partial charge is 0.130 e. The molecule has 1 heterocycles. The Morgan fingerprint density at radius 3 is 2.35 bits per heavy atom. The first-order valence-electron chi connectivity index (χ1n) is 13.3. The first-order valence-corrected chi connectivity index (χ1v) is 13.3. The molecule has 0 amide bonds. The largest absolute Gasteiger partial charge is 0.496 e. The van der Waals surface area contributed by atoms with Crippen molar-refractivity contribution in [2.24, 2.45) is 11.8 Å². The summed E-state index contributed by atoms with van der Waals surface area (Å²) < 4.78 is 22.2. The third-order valence-corrected chi connectivity index (χ3v) is 7.20. The molecule has 6 nitrogen and oxygen atoms in total. The maximum absolute atomic E-state index is 10.4. The minimum Gasteiger partial charge on any atom is -0.496 e. The highest BCUT2D eigenvalue weighted by Crippen LogP contribution is 2.34. The van der Waals surface area contributed by atoms with Crippen LogP contribution in [0.25, 0.3) is 0 Å². The van der Waals surface area contributed by atoms with Crippen LogP contribution in [0.5, 0.6) is 17.2 Å². The van der Waals surface area contributed by atoms with E-state index in [0.717, 1.165) is 30.9 Å². The van der Waals surface area contributed by atoms with E-state index in [1.54, 1.807) is 21.3 Å². The molecule has 0 spiro atoms. The summed E-state index contributed by atoms with van der Waals surface area (Å²) in [7, 11) is 4.90. The van der Waals surface area contributed by atoms with Gasteiger partial charge in [-0.3, -0.25) is 0 Å². The van der Waals surface area contributed by atoms with Gasteiger partial charge >= 0.3 is 0 Å². The van der Waals surface area contributed by atoms with Crippen molar-refractivity contribution >= 4 is 0 Å². The molecule has 0 radical (unpaired) electrons. The predicted octanol–water partition coefficient (Wildman–Crippen LogP) is 5.73. The molecule has 1 aliphatic rings. The van der Waals surface area contributed by atoms with Crippen LogP contribution in [0.4, 0.5) is 0 Å². The lowest BCUT2D eigenvalue weighted by Crippen LogP contribution is -2.27. The minimum atomic E-state index is -0.352. The van der Waals surface area contributed by atoms with E-state index in [0.29, 0.717) is 42.4 Å². The molecule has 4 unspecified atom stereocenters.